The summed E-state index contributed by atoms with van der Waals surface area (Å²) in [7, 11) is 0. The van der Waals surface area contributed by atoms with Gasteiger partial charge in [0, 0.05) is 16.7 Å². The number of aromatic nitrogens is 3. The molecular formula is C21H23BrN4O3S. The SMILES string of the molecule is CCNC(=O)CSc1nnc(COc2ccc(Br)cc2)n1-c1ccc(OCC)cc1. The summed E-state index contributed by atoms with van der Waals surface area (Å²) in [5.41, 5.74) is 0.872. The summed E-state index contributed by atoms with van der Waals surface area (Å²) >= 11 is 4.75. The largest absolute Gasteiger partial charge is 0.494 e. The molecule has 0 aliphatic rings. The van der Waals surface area contributed by atoms with Gasteiger partial charge in [0.05, 0.1) is 12.4 Å². The Morgan fingerprint density at radius 1 is 1.03 bits per heavy atom. The molecule has 0 aliphatic carbocycles. The van der Waals surface area contributed by atoms with E-state index in [9.17, 15) is 4.79 Å². The van der Waals surface area contributed by atoms with Crippen molar-refractivity contribution in [2.24, 2.45) is 0 Å². The van der Waals surface area contributed by atoms with Crippen LogP contribution in [0.3, 0.4) is 0 Å². The number of ether oxygens (including phenoxy) is 2. The van der Waals surface area contributed by atoms with Crippen LogP contribution in [0.4, 0.5) is 0 Å². The molecule has 3 rings (SSSR count). The normalized spacial score (nSPS) is 10.6. The van der Waals surface area contributed by atoms with Crippen LogP contribution in [-0.2, 0) is 11.4 Å². The number of thioether (sulfide) groups is 1. The van der Waals surface area contributed by atoms with Crippen molar-refractivity contribution in [3.05, 3.63) is 58.8 Å². The van der Waals surface area contributed by atoms with Crippen molar-refractivity contribution in [3.63, 3.8) is 0 Å². The second-order valence-corrected chi connectivity index (χ2v) is 8.00. The van der Waals surface area contributed by atoms with Crippen LogP contribution in [0.5, 0.6) is 11.5 Å². The number of nitrogens with zero attached hydrogens (tertiary/aromatic N) is 3. The second kappa shape index (κ2) is 11.0. The standard InChI is InChI=1S/C21H23BrN4O3S/c1-3-23-20(27)14-30-21-25-24-19(13-29-18-9-5-15(22)6-10-18)26(21)16-7-11-17(12-8-16)28-4-2/h5-12H,3-4,13-14H2,1-2H3,(H,23,27). The molecule has 0 bridgehead atoms. The average Bonchev–Trinajstić information content (AvgIpc) is 3.16. The molecule has 0 fully saturated rings. The third kappa shape index (κ3) is 5.99. The zero-order valence-corrected chi connectivity index (χ0v) is 19.2. The lowest BCUT2D eigenvalue weighted by Gasteiger charge is -2.12. The Morgan fingerprint density at radius 2 is 1.70 bits per heavy atom. The molecule has 1 amide bonds. The number of hydrogen-bond acceptors (Lipinski definition) is 6. The molecule has 2 aromatic carbocycles. The van der Waals surface area contributed by atoms with Gasteiger partial charge in [0.25, 0.3) is 0 Å². The van der Waals surface area contributed by atoms with Crippen LogP contribution in [0.25, 0.3) is 5.69 Å². The Morgan fingerprint density at radius 3 is 2.37 bits per heavy atom. The summed E-state index contributed by atoms with van der Waals surface area (Å²) in [4.78, 5) is 11.9. The smallest absolute Gasteiger partial charge is 0.230 e. The molecule has 158 valence electrons. The van der Waals surface area contributed by atoms with Crippen molar-refractivity contribution >= 4 is 33.6 Å². The second-order valence-electron chi connectivity index (χ2n) is 6.15. The Balaban J connectivity index is 1.83. The molecule has 1 aromatic heterocycles. The van der Waals surface area contributed by atoms with Crippen molar-refractivity contribution in [1.82, 2.24) is 20.1 Å². The van der Waals surface area contributed by atoms with E-state index >= 15 is 0 Å². The summed E-state index contributed by atoms with van der Waals surface area (Å²) < 4.78 is 14.3. The van der Waals surface area contributed by atoms with Gasteiger partial charge in [0.1, 0.15) is 18.1 Å². The molecule has 30 heavy (non-hydrogen) atoms. The highest BCUT2D eigenvalue weighted by Gasteiger charge is 2.16. The lowest BCUT2D eigenvalue weighted by atomic mass is 10.3. The van der Waals surface area contributed by atoms with Gasteiger partial charge in [-0.25, -0.2) is 0 Å². The highest BCUT2D eigenvalue weighted by molar-refractivity contribution is 9.10. The quantitative estimate of drug-likeness (QED) is 0.428. The molecule has 0 saturated heterocycles. The monoisotopic (exact) mass is 490 g/mol. The molecular weight excluding hydrogens is 468 g/mol. The Bertz CT molecular complexity index is 961. The lowest BCUT2D eigenvalue weighted by molar-refractivity contribution is -0.118. The molecule has 0 radical (unpaired) electrons. The molecule has 7 nitrogen and oxygen atoms in total. The summed E-state index contributed by atoms with van der Waals surface area (Å²) in [6.45, 7) is 5.27. The summed E-state index contributed by atoms with van der Waals surface area (Å²) in [6.07, 6.45) is 0. The third-order valence-electron chi connectivity index (χ3n) is 3.99. The average molecular weight is 491 g/mol. The van der Waals surface area contributed by atoms with Gasteiger partial charge in [-0.05, 0) is 62.4 Å². The first-order chi connectivity index (χ1) is 14.6. The van der Waals surface area contributed by atoms with Crippen LogP contribution in [0.2, 0.25) is 0 Å². The molecule has 9 heteroatoms. The highest BCUT2D eigenvalue weighted by atomic mass is 79.9. The van der Waals surface area contributed by atoms with Crippen LogP contribution in [0.15, 0.2) is 58.2 Å². The lowest BCUT2D eigenvalue weighted by Crippen LogP contribution is -2.24. The van der Waals surface area contributed by atoms with E-state index in [4.69, 9.17) is 9.47 Å². The van der Waals surface area contributed by atoms with Gasteiger partial charge in [0.15, 0.2) is 11.0 Å². The maximum Gasteiger partial charge on any atom is 0.230 e. The molecule has 0 atom stereocenters. The van der Waals surface area contributed by atoms with Gasteiger partial charge >= 0.3 is 0 Å². The molecule has 0 spiro atoms. The first-order valence-electron chi connectivity index (χ1n) is 9.56. The van der Waals surface area contributed by atoms with Crippen molar-refractivity contribution in [3.8, 4) is 17.2 Å². The summed E-state index contributed by atoms with van der Waals surface area (Å²) in [5.74, 6) is 2.38. The van der Waals surface area contributed by atoms with E-state index in [0.717, 1.165) is 21.7 Å². The van der Waals surface area contributed by atoms with E-state index in [1.165, 1.54) is 11.8 Å². The van der Waals surface area contributed by atoms with Crippen molar-refractivity contribution in [1.29, 1.82) is 0 Å². The van der Waals surface area contributed by atoms with Gasteiger partial charge in [-0.15, -0.1) is 10.2 Å². The first-order valence-corrected chi connectivity index (χ1v) is 11.3. The van der Waals surface area contributed by atoms with Gasteiger partial charge in [0.2, 0.25) is 5.91 Å². The Kier molecular flexibility index (Phi) is 8.15. The number of carbonyl (C=O) groups excluding carboxylic acids is 1. The van der Waals surface area contributed by atoms with Crippen LogP contribution in [-0.4, -0.2) is 39.6 Å². The number of halogens is 1. The van der Waals surface area contributed by atoms with Crippen LogP contribution < -0.4 is 14.8 Å². The number of amides is 1. The fraction of sp³-hybridized carbons (Fsp3) is 0.286. The van der Waals surface area contributed by atoms with Gasteiger partial charge < -0.3 is 14.8 Å². The fourth-order valence-electron chi connectivity index (χ4n) is 2.66. The Hall–Kier alpha value is -2.52. The van der Waals surface area contributed by atoms with Crippen LogP contribution in [0, 0.1) is 0 Å². The van der Waals surface area contributed by atoms with E-state index in [2.05, 4.69) is 31.4 Å². The molecule has 0 unspecified atom stereocenters. The fourth-order valence-corrected chi connectivity index (χ4v) is 3.73. The van der Waals surface area contributed by atoms with E-state index in [0.29, 0.717) is 24.1 Å². The minimum atomic E-state index is -0.0450. The predicted octanol–water partition coefficient (Wildman–Crippen LogP) is 4.24. The number of hydrogen-bond donors (Lipinski definition) is 1. The van der Waals surface area contributed by atoms with Crippen LogP contribution >= 0.6 is 27.7 Å². The van der Waals surface area contributed by atoms with E-state index in [1.807, 2.05) is 66.9 Å². The number of carbonyl (C=O) groups is 1. The first kappa shape index (κ1) is 22.2. The molecule has 3 aromatic rings. The molecule has 0 aliphatic heterocycles. The Labute approximate surface area is 188 Å². The van der Waals surface area contributed by atoms with Gasteiger partial charge in [-0.3, -0.25) is 9.36 Å². The number of benzene rings is 2. The molecule has 1 N–H and O–H groups in total. The van der Waals surface area contributed by atoms with Crippen molar-refractivity contribution in [2.45, 2.75) is 25.6 Å². The maximum absolute atomic E-state index is 11.9. The van der Waals surface area contributed by atoms with E-state index in [1.54, 1.807) is 0 Å². The minimum absolute atomic E-state index is 0.0450. The maximum atomic E-state index is 11.9. The zero-order chi connectivity index (χ0) is 21.3. The highest BCUT2D eigenvalue weighted by Crippen LogP contribution is 2.25. The summed E-state index contributed by atoms with van der Waals surface area (Å²) in [5, 5.41) is 12.0. The van der Waals surface area contributed by atoms with Crippen molar-refractivity contribution in [2.75, 3.05) is 18.9 Å². The number of rotatable bonds is 10. The predicted molar refractivity (Wildman–Crippen MR) is 120 cm³/mol. The topological polar surface area (TPSA) is 78.3 Å². The third-order valence-corrected chi connectivity index (χ3v) is 5.45. The van der Waals surface area contributed by atoms with Crippen LogP contribution in [0.1, 0.15) is 19.7 Å². The van der Waals surface area contributed by atoms with Gasteiger partial charge in [-0.1, -0.05) is 27.7 Å². The van der Waals surface area contributed by atoms with E-state index < -0.39 is 0 Å². The van der Waals surface area contributed by atoms with Gasteiger partial charge in [-0.2, -0.15) is 0 Å². The molecule has 0 saturated carbocycles. The van der Waals surface area contributed by atoms with E-state index in [-0.39, 0.29) is 18.3 Å². The molecule has 1 heterocycles. The number of nitrogens with one attached hydrogen (secondary N) is 1. The summed E-state index contributed by atoms with van der Waals surface area (Å²) in [6, 6.07) is 15.3. The van der Waals surface area contributed by atoms with Crippen molar-refractivity contribution < 1.29 is 14.3 Å². The zero-order valence-electron chi connectivity index (χ0n) is 16.8. The minimum Gasteiger partial charge on any atom is -0.494 e.